The third-order valence-corrected chi connectivity index (χ3v) is 1.76. The van der Waals surface area contributed by atoms with Crippen molar-refractivity contribution in [2.24, 2.45) is 0 Å². The monoisotopic (exact) mass is 171 g/mol. The van der Waals surface area contributed by atoms with Gasteiger partial charge < -0.3 is 4.52 Å². The van der Waals surface area contributed by atoms with Crippen LogP contribution in [-0.4, -0.2) is 10.9 Å². The molecule has 0 aromatic rings. The van der Waals surface area contributed by atoms with Gasteiger partial charge in [0.15, 0.2) is 10.9 Å². The van der Waals surface area contributed by atoms with E-state index in [1.165, 1.54) is 0 Å². The summed E-state index contributed by atoms with van der Waals surface area (Å²) < 4.78 is 4.43. The van der Waals surface area contributed by atoms with Crippen LogP contribution in [0.1, 0.15) is 0 Å². The Morgan fingerprint density at radius 3 is 2.25 bits per heavy atom. The van der Waals surface area contributed by atoms with E-state index in [4.69, 9.17) is 28.5 Å². The highest BCUT2D eigenvalue weighted by Gasteiger charge is 2.13. The molecule has 46 valence electrons. The van der Waals surface area contributed by atoms with Crippen molar-refractivity contribution in [2.75, 3.05) is 0 Å². The Bertz CT molecular complexity index is 104. The average molecular weight is 172 g/mol. The summed E-state index contributed by atoms with van der Waals surface area (Å²) >= 11 is 10.6. The summed E-state index contributed by atoms with van der Waals surface area (Å²) in [5, 5.41) is 7.30. The van der Waals surface area contributed by atoms with Crippen molar-refractivity contribution in [2.45, 2.75) is 10.9 Å². The van der Waals surface area contributed by atoms with Crippen molar-refractivity contribution in [1.29, 1.82) is 5.26 Å². The first kappa shape index (κ1) is 8.46. The molecule has 8 heavy (non-hydrogen) atoms. The summed E-state index contributed by atoms with van der Waals surface area (Å²) in [6.07, 6.45) is 0. The Labute approximate surface area is 60.0 Å². The molecule has 0 radical (unpaired) electrons. The van der Waals surface area contributed by atoms with Crippen LogP contribution in [0.15, 0.2) is 0 Å². The number of halogens is 2. The van der Waals surface area contributed by atoms with E-state index in [1.54, 1.807) is 6.07 Å². The van der Waals surface area contributed by atoms with E-state index < -0.39 is 10.9 Å². The van der Waals surface area contributed by atoms with Crippen molar-refractivity contribution >= 4 is 32.7 Å². The van der Waals surface area contributed by atoms with E-state index in [0.29, 0.717) is 0 Å². The zero-order valence-electron chi connectivity index (χ0n) is 3.84. The highest BCUT2D eigenvalue weighted by Crippen LogP contribution is 2.12. The number of hydrogen-bond donors (Lipinski definition) is 0. The fraction of sp³-hybridized carbons (Fsp3) is 0.667. The smallest absolute Gasteiger partial charge is 0.164 e. The molecule has 0 amide bonds. The molecule has 0 spiro atoms. The standard InChI is InChI=1S/C3H4Cl2NOP/c4-2(1-6)3(5)7-8/h2-3H,8H2. The van der Waals surface area contributed by atoms with Gasteiger partial charge in [-0.15, -0.1) is 11.6 Å². The Hall–Kier alpha value is 0.460. The van der Waals surface area contributed by atoms with Gasteiger partial charge in [0.05, 0.1) is 6.07 Å². The van der Waals surface area contributed by atoms with Crippen molar-refractivity contribution in [3.63, 3.8) is 0 Å². The molecular formula is C3H4Cl2NOP. The lowest BCUT2D eigenvalue weighted by Crippen LogP contribution is -2.11. The Kier molecular flexibility index (Phi) is 4.60. The quantitative estimate of drug-likeness (QED) is 0.466. The highest BCUT2D eigenvalue weighted by atomic mass is 35.5. The lowest BCUT2D eigenvalue weighted by molar-refractivity contribution is 0.340. The maximum absolute atomic E-state index is 8.08. The number of hydrogen-bond acceptors (Lipinski definition) is 2. The van der Waals surface area contributed by atoms with Crippen molar-refractivity contribution in [3.05, 3.63) is 0 Å². The lowest BCUT2D eigenvalue weighted by Gasteiger charge is -2.04. The third kappa shape index (κ3) is 2.69. The molecule has 0 heterocycles. The van der Waals surface area contributed by atoms with Gasteiger partial charge in [-0.1, -0.05) is 11.6 Å². The summed E-state index contributed by atoms with van der Waals surface area (Å²) in [7, 11) is 1.92. The fourth-order valence-corrected chi connectivity index (χ4v) is 0.500. The zero-order chi connectivity index (χ0) is 6.57. The molecule has 2 nitrogen and oxygen atoms in total. The molecule has 0 N–H and O–H groups in total. The van der Waals surface area contributed by atoms with Gasteiger partial charge in [-0.25, -0.2) is 0 Å². The van der Waals surface area contributed by atoms with Crippen LogP contribution in [0.4, 0.5) is 0 Å². The van der Waals surface area contributed by atoms with Crippen LogP contribution < -0.4 is 0 Å². The second-order valence-corrected chi connectivity index (χ2v) is 2.19. The molecule has 0 aliphatic carbocycles. The van der Waals surface area contributed by atoms with Crippen LogP contribution in [0, 0.1) is 11.3 Å². The molecule has 0 aliphatic heterocycles. The molecule has 0 saturated heterocycles. The van der Waals surface area contributed by atoms with Gasteiger partial charge >= 0.3 is 0 Å². The molecule has 0 aromatic heterocycles. The predicted molar refractivity (Wildman–Crippen MR) is 35.7 cm³/mol. The predicted octanol–water partition coefficient (Wildman–Crippen LogP) is 1.49. The summed E-state index contributed by atoms with van der Waals surface area (Å²) in [4.78, 5) is 0. The Morgan fingerprint density at radius 2 is 2.12 bits per heavy atom. The van der Waals surface area contributed by atoms with Crippen LogP contribution in [0.5, 0.6) is 0 Å². The molecule has 0 aromatic carbocycles. The van der Waals surface area contributed by atoms with Gasteiger partial charge in [0.25, 0.3) is 0 Å². The number of rotatable bonds is 2. The SMILES string of the molecule is N#CC(Cl)C(Cl)OP. The first-order chi connectivity index (χ1) is 3.72. The van der Waals surface area contributed by atoms with Crippen LogP contribution >= 0.6 is 32.7 Å². The molecule has 0 rings (SSSR count). The average Bonchev–Trinajstić information content (AvgIpc) is 1.84. The second kappa shape index (κ2) is 4.35. The van der Waals surface area contributed by atoms with Crippen molar-refractivity contribution in [1.82, 2.24) is 0 Å². The minimum Gasteiger partial charge on any atom is -0.344 e. The van der Waals surface area contributed by atoms with E-state index in [1.807, 2.05) is 9.47 Å². The van der Waals surface area contributed by atoms with Crippen molar-refractivity contribution in [3.8, 4) is 6.07 Å². The van der Waals surface area contributed by atoms with E-state index in [2.05, 4.69) is 4.52 Å². The summed E-state index contributed by atoms with van der Waals surface area (Å²) in [6.45, 7) is 0. The van der Waals surface area contributed by atoms with Gasteiger partial charge in [-0.05, 0) is 0 Å². The molecular weight excluding hydrogens is 168 g/mol. The third-order valence-electron chi connectivity index (χ3n) is 0.483. The van der Waals surface area contributed by atoms with Crippen LogP contribution in [0.3, 0.4) is 0 Å². The highest BCUT2D eigenvalue weighted by molar-refractivity contribution is 7.10. The maximum atomic E-state index is 8.08. The largest absolute Gasteiger partial charge is 0.344 e. The van der Waals surface area contributed by atoms with Crippen molar-refractivity contribution < 1.29 is 4.52 Å². The molecule has 0 bridgehead atoms. The zero-order valence-corrected chi connectivity index (χ0v) is 6.51. The van der Waals surface area contributed by atoms with E-state index >= 15 is 0 Å². The Morgan fingerprint density at radius 1 is 1.62 bits per heavy atom. The summed E-state index contributed by atoms with van der Waals surface area (Å²) in [6, 6.07) is 1.71. The van der Waals surface area contributed by atoms with E-state index in [-0.39, 0.29) is 0 Å². The second-order valence-electron chi connectivity index (χ2n) is 1.02. The number of nitriles is 1. The summed E-state index contributed by atoms with van der Waals surface area (Å²) in [5.74, 6) is 0. The Balaban J connectivity index is 3.49. The van der Waals surface area contributed by atoms with E-state index in [9.17, 15) is 0 Å². The van der Waals surface area contributed by atoms with Gasteiger partial charge in [-0.3, -0.25) is 0 Å². The minimum atomic E-state index is -0.783. The molecule has 0 saturated carbocycles. The molecule has 0 aliphatic rings. The van der Waals surface area contributed by atoms with Crippen LogP contribution in [0.2, 0.25) is 0 Å². The molecule has 5 heteroatoms. The minimum absolute atomic E-state index is 0.744. The first-order valence-corrected chi connectivity index (χ1v) is 3.10. The summed E-state index contributed by atoms with van der Waals surface area (Å²) in [5.41, 5.74) is -0.744. The molecule has 3 unspecified atom stereocenters. The maximum Gasteiger partial charge on any atom is 0.164 e. The van der Waals surface area contributed by atoms with Crippen LogP contribution in [0.25, 0.3) is 0 Å². The number of nitrogens with zero attached hydrogens (tertiary/aromatic N) is 1. The first-order valence-electron chi connectivity index (χ1n) is 1.75. The lowest BCUT2D eigenvalue weighted by atomic mass is 10.5. The fourth-order valence-electron chi connectivity index (χ4n) is 0.128. The van der Waals surface area contributed by atoms with Gasteiger partial charge in [0.1, 0.15) is 0 Å². The normalized spacial score (nSPS) is 16.8. The van der Waals surface area contributed by atoms with Gasteiger partial charge in [-0.2, -0.15) is 5.26 Å². The number of alkyl halides is 2. The molecule has 3 atom stereocenters. The topological polar surface area (TPSA) is 33.0 Å². The van der Waals surface area contributed by atoms with Gasteiger partial charge in [0.2, 0.25) is 0 Å². The van der Waals surface area contributed by atoms with E-state index in [0.717, 1.165) is 0 Å². The van der Waals surface area contributed by atoms with Crippen LogP contribution in [-0.2, 0) is 4.52 Å². The molecule has 0 fully saturated rings. The van der Waals surface area contributed by atoms with Gasteiger partial charge in [0, 0.05) is 9.47 Å².